The Morgan fingerprint density at radius 3 is 2.89 bits per heavy atom. The number of halogens is 1. The van der Waals surface area contributed by atoms with Crippen LogP contribution in [0.25, 0.3) is 0 Å². The SMILES string of the molecule is CCC1CCCCN1c1nc(C)cc(Nc2cc(C(=O)OC)ccc2Cl)n1. The van der Waals surface area contributed by atoms with Crippen LogP contribution in [-0.2, 0) is 4.74 Å². The molecular weight excluding hydrogens is 364 g/mol. The van der Waals surface area contributed by atoms with Crippen LogP contribution in [0.15, 0.2) is 24.3 Å². The average molecular weight is 389 g/mol. The zero-order chi connectivity index (χ0) is 19.4. The number of hydrogen-bond acceptors (Lipinski definition) is 6. The lowest BCUT2D eigenvalue weighted by Crippen LogP contribution is -2.40. The summed E-state index contributed by atoms with van der Waals surface area (Å²) >= 11 is 6.30. The van der Waals surface area contributed by atoms with Crippen molar-refractivity contribution in [1.29, 1.82) is 0 Å². The molecule has 0 spiro atoms. The van der Waals surface area contributed by atoms with Crippen molar-refractivity contribution in [2.45, 2.75) is 45.6 Å². The monoisotopic (exact) mass is 388 g/mol. The van der Waals surface area contributed by atoms with Gasteiger partial charge in [-0.15, -0.1) is 0 Å². The standard InChI is InChI=1S/C20H25ClN4O2/c1-4-15-7-5-6-10-25(15)20-22-13(2)11-18(24-20)23-17-12-14(19(26)27-3)8-9-16(17)21/h8-9,11-12,15H,4-7,10H2,1-3H3,(H,22,23,24). The molecule has 0 aliphatic carbocycles. The van der Waals surface area contributed by atoms with Crippen LogP contribution in [-0.4, -0.2) is 35.6 Å². The fraction of sp³-hybridized carbons (Fsp3) is 0.450. The first kappa shape index (κ1) is 19.4. The van der Waals surface area contributed by atoms with E-state index >= 15 is 0 Å². The van der Waals surface area contributed by atoms with E-state index in [-0.39, 0.29) is 0 Å². The minimum absolute atomic E-state index is 0.409. The van der Waals surface area contributed by atoms with Gasteiger partial charge in [-0.1, -0.05) is 18.5 Å². The lowest BCUT2D eigenvalue weighted by molar-refractivity contribution is 0.0601. The van der Waals surface area contributed by atoms with Crippen molar-refractivity contribution in [1.82, 2.24) is 9.97 Å². The third kappa shape index (κ3) is 4.50. The number of rotatable bonds is 5. The Labute approximate surface area is 164 Å². The summed E-state index contributed by atoms with van der Waals surface area (Å²) in [5.41, 5.74) is 1.91. The molecule has 1 aliphatic heterocycles. The molecule has 1 aliphatic rings. The van der Waals surface area contributed by atoms with Crippen LogP contribution in [0.2, 0.25) is 5.02 Å². The average Bonchev–Trinajstić information content (AvgIpc) is 2.68. The maximum Gasteiger partial charge on any atom is 0.337 e. The molecule has 0 radical (unpaired) electrons. The first-order chi connectivity index (χ1) is 13.0. The smallest absolute Gasteiger partial charge is 0.337 e. The zero-order valence-electron chi connectivity index (χ0n) is 16.0. The second-order valence-electron chi connectivity index (χ2n) is 6.76. The number of carbonyl (C=O) groups is 1. The van der Waals surface area contributed by atoms with Crippen LogP contribution in [0.4, 0.5) is 17.5 Å². The van der Waals surface area contributed by atoms with Crippen molar-refractivity contribution < 1.29 is 9.53 Å². The van der Waals surface area contributed by atoms with Gasteiger partial charge in [-0.05, 0) is 50.8 Å². The summed E-state index contributed by atoms with van der Waals surface area (Å²) in [6.45, 7) is 5.13. The summed E-state index contributed by atoms with van der Waals surface area (Å²) < 4.78 is 4.78. The second-order valence-corrected chi connectivity index (χ2v) is 7.16. The third-order valence-corrected chi connectivity index (χ3v) is 5.18. The molecule has 0 saturated carbocycles. The minimum atomic E-state index is -0.409. The van der Waals surface area contributed by atoms with Crippen LogP contribution in [0.3, 0.4) is 0 Å². The maximum absolute atomic E-state index is 11.8. The molecule has 6 nitrogen and oxygen atoms in total. The number of esters is 1. The number of methoxy groups -OCH3 is 1. The van der Waals surface area contributed by atoms with Crippen molar-refractivity contribution >= 4 is 35.0 Å². The molecule has 0 bridgehead atoms. The number of hydrogen-bond donors (Lipinski definition) is 1. The number of nitrogens with one attached hydrogen (secondary N) is 1. The van der Waals surface area contributed by atoms with Gasteiger partial charge in [0.15, 0.2) is 0 Å². The summed E-state index contributed by atoms with van der Waals surface area (Å²) in [4.78, 5) is 23.4. The largest absolute Gasteiger partial charge is 0.465 e. The van der Waals surface area contributed by atoms with Gasteiger partial charge in [-0.25, -0.2) is 9.78 Å². The van der Waals surface area contributed by atoms with Crippen molar-refractivity contribution in [3.05, 3.63) is 40.5 Å². The van der Waals surface area contributed by atoms with Gasteiger partial charge in [0.25, 0.3) is 0 Å². The van der Waals surface area contributed by atoms with Crippen LogP contribution in [0.1, 0.15) is 48.7 Å². The van der Waals surface area contributed by atoms with Gasteiger partial charge >= 0.3 is 5.97 Å². The number of carbonyl (C=O) groups excluding carboxylic acids is 1. The van der Waals surface area contributed by atoms with Crippen LogP contribution in [0.5, 0.6) is 0 Å². The lowest BCUT2D eigenvalue weighted by Gasteiger charge is -2.35. The highest BCUT2D eigenvalue weighted by atomic mass is 35.5. The molecule has 1 aromatic heterocycles. The Bertz CT molecular complexity index is 828. The lowest BCUT2D eigenvalue weighted by atomic mass is 10.0. The van der Waals surface area contributed by atoms with Gasteiger partial charge in [0, 0.05) is 24.3 Å². The Morgan fingerprint density at radius 1 is 1.33 bits per heavy atom. The molecule has 144 valence electrons. The normalized spacial score (nSPS) is 16.9. The molecule has 1 N–H and O–H groups in total. The molecule has 0 amide bonds. The summed E-state index contributed by atoms with van der Waals surface area (Å²) in [7, 11) is 1.35. The zero-order valence-corrected chi connectivity index (χ0v) is 16.7. The first-order valence-electron chi connectivity index (χ1n) is 9.29. The van der Waals surface area contributed by atoms with E-state index in [2.05, 4.69) is 22.1 Å². The van der Waals surface area contributed by atoms with E-state index in [1.54, 1.807) is 18.2 Å². The number of anilines is 3. The Kier molecular flexibility index (Phi) is 6.16. The fourth-order valence-corrected chi connectivity index (χ4v) is 3.60. The van der Waals surface area contributed by atoms with E-state index in [0.29, 0.717) is 28.1 Å². The number of nitrogens with zero attached hydrogens (tertiary/aromatic N) is 3. The quantitative estimate of drug-likeness (QED) is 0.746. The summed E-state index contributed by atoms with van der Waals surface area (Å²) in [5.74, 6) is 0.986. The number of piperidine rings is 1. The van der Waals surface area contributed by atoms with Crippen molar-refractivity contribution in [2.75, 3.05) is 23.9 Å². The summed E-state index contributed by atoms with van der Waals surface area (Å²) in [5, 5.41) is 3.73. The summed E-state index contributed by atoms with van der Waals surface area (Å²) in [6, 6.07) is 7.31. The molecule has 1 aromatic carbocycles. The van der Waals surface area contributed by atoms with E-state index in [9.17, 15) is 4.79 Å². The predicted molar refractivity (Wildman–Crippen MR) is 108 cm³/mol. The highest BCUT2D eigenvalue weighted by molar-refractivity contribution is 6.33. The Balaban J connectivity index is 1.90. The fourth-order valence-electron chi connectivity index (χ4n) is 3.44. The molecule has 2 aromatic rings. The summed E-state index contributed by atoms with van der Waals surface area (Å²) in [6.07, 6.45) is 4.65. The molecule has 1 fully saturated rings. The first-order valence-corrected chi connectivity index (χ1v) is 9.66. The van der Waals surface area contributed by atoms with Gasteiger partial charge in [0.1, 0.15) is 5.82 Å². The minimum Gasteiger partial charge on any atom is -0.465 e. The highest BCUT2D eigenvalue weighted by Gasteiger charge is 2.23. The van der Waals surface area contributed by atoms with Crippen molar-refractivity contribution in [3.8, 4) is 0 Å². The van der Waals surface area contributed by atoms with Gasteiger partial charge in [0.2, 0.25) is 5.95 Å². The maximum atomic E-state index is 11.8. The topological polar surface area (TPSA) is 67.4 Å². The van der Waals surface area contributed by atoms with E-state index in [0.717, 1.165) is 31.0 Å². The molecule has 3 rings (SSSR count). The molecular formula is C20H25ClN4O2. The van der Waals surface area contributed by atoms with Gasteiger partial charge in [-0.2, -0.15) is 4.98 Å². The Morgan fingerprint density at radius 2 is 2.15 bits per heavy atom. The third-order valence-electron chi connectivity index (χ3n) is 4.85. The molecule has 1 unspecified atom stereocenters. The van der Waals surface area contributed by atoms with E-state index < -0.39 is 5.97 Å². The highest BCUT2D eigenvalue weighted by Crippen LogP contribution is 2.29. The van der Waals surface area contributed by atoms with Crippen molar-refractivity contribution in [3.63, 3.8) is 0 Å². The van der Waals surface area contributed by atoms with Gasteiger partial charge in [-0.3, -0.25) is 0 Å². The van der Waals surface area contributed by atoms with Gasteiger partial charge < -0.3 is 15.0 Å². The molecule has 27 heavy (non-hydrogen) atoms. The molecule has 7 heteroatoms. The van der Waals surface area contributed by atoms with E-state index in [1.165, 1.54) is 20.0 Å². The number of ether oxygens (including phenoxy) is 1. The molecule has 1 saturated heterocycles. The second kappa shape index (κ2) is 8.57. The van der Waals surface area contributed by atoms with Crippen LogP contribution in [0, 0.1) is 6.92 Å². The molecule has 2 heterocycles. The van der Waals surface area contributed by atoms with Crippen molar-refractivity contribution in [2.24, 2.45) is 0 Å². The van der Waals surface area contributed by atoms with Crippen LogP contribution < -0.4 is 10.2 Å². The van der Waals surface area contributed by atoms with E-state index in [1.807, 2.05) is 13.0 Å². The Hall–Kier alpha value is -2.34. The number of aryl methyl sites for hydroxylation is 1. The van der Waals surface area contributed by atoms with E-state index in [4.69, 9.17) is 21.3 Å². The number of aromatic nitrogens is 2. The number of benzene rings is 1. The van der Waals surface area contributed by atoms with Gasteiger partial charge in [0.05, 0.1) is 23.4 Å². The predicted octanol–water partition coefficient (Wildman–Crippen LogP) is 4.74. The molecule has 1 atom stereocenters. The van der Waals surface area contributed by atoms with Crippen LogP contribution >= 0.6 is 11.6 Å².